The van der Waals surface area contributed by atoms with Crippen molar-refractivity contribution in [3.63, 3.8) is 0 Å². The molecule has 3 saturated carbocycles. The first kappa shape index (κ1) is 60.7. The second kappa shape index (κ2) is 21.0. The van der Waals surface area contributed by atoms with Crippen molar-refractivity contribution in [3.05, 3.63) is 173 Å². The van der Waals surface area contributed by atoms with E-state index in [-0.39, 0.29) is 92.3 Å². The fourth-order valence-corrected chi connectivity index (χ4v) is 13.5. The highest BCUT2D eigenvalue weighted by Gasteiger charge is 2.54. The molecule has 6 aromatic rings. The van der Waals surface area contributed by atoms with Crippen molar-refractivity contribution < 1.29 is 30.3 Å². The van der Waals surface area contributed by atoms with Gasteiger partial charge in [-0.05, 0) is 175 Å². The van der Waals surface area contributed by atoms with E-state index in [0.717, 1.165) is 84.8 Å². The van der Waals surface area contributed by atoms with Gasteiger partial charge in [-0.2, -0.15) is 0 Å². The van der Waals surface area contributed by atoms with Crippen molar-refractivity contribution >= 4 is 0 Å². The summed E-state index contributed by atoms with van der Waals surface area (Å²) in [5.41, 5.74) is 14.2. The molecule has 0 unspecified atom stereocenters. The summed E-state index contributed by atoms with van der Waals surface area (Å²) in [6, 6.07) is 25.7. The van der Waals surface area contributed by atoms with E-state index in [0.29, 0.717) is 64.7 Å². The molecule has 0 aromatic heterocycles. The molecule has 4 aliphatic rings. The zero-order valence-electron chi connectivity index (χ0n) is 53.9. The van der Waals surface area contributed by atoms with E-state index in [9.17, 15) is 25.5 Å². The summed E-state index contributed by atoms with van der Waals surface area (Å²) < 4.78 is 7.43. The highest BCUT2D eigenvalue weighted by molar-refractivity contribution is 5.61. The molecule has 5 N–H and O–H groups in total. The van der Waals surface area contributed by atoms with Crippen LogP contribution in [0.5, 0.6) is 34.5 Å². The molecule has 0 saturated heterocycles. The van der Waals surface area contributed by atoms with Gasteiger partial charge in [-0.3, -0.25) is 0 Å². The Morgan fingerprint density at radius 3 is 0.744 bits per heavy atom. The first-order valence-corrected chi connectivity index (χ1v) is 30.7. The van der Waals surface area contributed by atoms with Crippen LogP contribution in [0.3, 0.4) is 0 Å². The number of phenolic OH excluding ortho intramolecular Hbond substituents is 5. The topological polar surface area (TPSA) is 110 Å². The molecule has 4 aliphatic carbocycles. The Bertz CT molecular complexity index is 3240. The lowest BCUT2D eigenvalue weighted by Crippen LogP contribution is -2.53. The second-order valence-electron chi connectivity index (χ2n) is 32.4. The largest absolute Gasteiger partial charge is 0.507 e. The predicted molar refractivity (Wildman–Crippen MR) is 340 cm³/mol. The summed E-state index contributed by atoms with van der Waals surface area (Å²) in [5, 5.41) is 63.9. The van der Waals surface area contributed by atoms with Crippen LogP contribution in [0.15, 0.2) is 72.8 Å². The van der Waals surface area contributed by atoms with Gasteiger partial charge in [-0.1, -0.05) is 211 Å². The van der Waals surface area contributed by atoms with Crippen molar-refractivity contribution in [2.24, 2.45) is 23.2 Å². The van der Waals surface area contributed by atoms with Gasteiger partial charge in [-0.25, -0.2) is 0 Å². The molecule has 6 heteroatoms. The molecule has 440 valence electrons. The number of phenols is 5. The Morgan fingerprint density at radius 2 is 0.549 bits per heavy atom. The van der Waals surface area contributed by atoms with Gasteiger partial charge in [0.05, 0.1) is 6.61 Å². The minimum atomic E-state index is -0.296. The first-order valence-electron chi connectivity index (χ1n) is 30.7. The standard InChI is InChI=1S/C76H100O6/c1-70(2,3)57-29-44-23-46-31-58(71(4,5)6)33-48(65(46)78)25-50-35-60(73(10,11)12)37-52(67(50)80)27-54-39-62(75(16,17)18)40-55(69(54)82-42-43-21-22-56-41-63(43)76(56,19)20)28-53-38-61(74(13,14)15)36-51(68(53)81)26-49-34-59(72(7,8)9)32-47(66(49)79)24-45(30-57)64(44)77/h29-40,43,56,63,77-81H,21-28,41-42H2,1-20H3/t43-,56-,63-/m1/s1. The van der Waals surface area contributed by atoms with Gasteiger partial charge in [0.1, 0.15) is 34.5 Å². The van der Waals surface area contributed by atoms with Gasteiger partial charge in [0.25, 0.3) is 0 Å². The molecule has 0 spiro atoms. The molecule has 3 atom stereocenters. The number of rotatable bonds is 3. The summed E-state index contributed by atoms with van der Waals surface area (Å²) in [6.07, 6.45) is 5.45. The third-order valence-corrected chi connectivity index (χ3v) is 19.5. The zero-order chi connectivity index (χ0) is 60.4. The summed E-state index contributed by atoms with van der Waals surface area (Å²) in [5.74, 6) is 3.41. The van der Waals surface area contributed by atoms with Crippen molar-refractivity contribution in [3.8, 4) is 34.5 Å². The fourth-order valence-electron chi connectivity index (χ4n) is 13.5. The Hall–Kier alpha value is -5.88. The van der Waals surface area contributed by atoms with Crippen LogP contribution in [0.2, 0.25) is 0 Å². The lowest BCUT2D eigenvalue weighted by Gasteiger charge is -2.60. The van der Waals surface area contributed by atoms with E-state index in [2.05, 4.69) is 211 Å². The van der Waals surface area contributed by atoms with Gasteiger partial charge in [0.2, 0.25) is 0 Å². The molecular formula is C76H100O6. The van der Waals surface area contributed by atoms with Crippen molar-refractivity contribution in [1.29, 1.82) is 0 Å². The van der Waals surface area contributed by atoms with Crippen LogP contribution < -0.4 is 4.74 Å². The maximum absolute atomic E-state index is 12.9. The van der Waals surface area contributed by atoms with Crippen LogP contribution in [-0.2, 0) is 71.0 Å². The average molecular weight is 1110 g/mol. The zero-order valence-corrected chi connectivity index (χ0v) is 53.9. The molecule has 0 aliphatic heterocycles. The molecule has 10 rings (SSSR count). The Kier molecular flexibility index (Phi) is 15.6. The van der Waals surface area contributed by atoms with Crippen molar-refractivity contribution in [1.82, 2.24) is 0 Å². The Morgan fingerprint density at radius 1 is 0.341 bits per heavy atom. The molecule has 3 fully saturated rings. The summed E-state index contributed by atoms with van der Waals surface area (Å²) in [6.45, 7) is 45.1. The van der Waals surface area contributed by atoms with Crippen LogP contribution in [0.4, 0.5) is 0 Å². The Labute approximate surface area is 493 Å². The van der Waals surface area contributed by atoms with Gasteiger partial charge >= 0.3 is 0 Å². The quantitative estimate of drug-likeness (QED) is 0.121. The van der Waals surface area contributed by atoms with Crippen LogP contribution >= 0.6 is 0 Å². The molecular weight excluding hydrogens is 1010 g/mol. The van der Waals surface area contributed by atoms with E-state index in [1.807, 2.05) is 0 Å². The number of fused-ring (bicyclic) bond motifs is 14. The van der Waals surface area contributed by atoms with E-state index in [1.54, 1.807) is 0 Å². The molecule has 0 heterocycles. The highest BCUT2D eigenvalue weighted by Crippen LogP contribution is 2.61. The lowest BCUT2D eigenvalue weighted by atomic mass is 9.46. The SMILES string of the molecule is CC(C)(C)c1cc2c(O)c(c1)Cc1cc(C(C)(C)C)cc(c1O)Cc1cc(C(C)(C)C)cc(c1O)Cc1cc(C(C)(C)C)cc(c1OC[C@H]1CC[C@@H]3C[C@H]1C3(C)C)Cc1cc(C(C)(C)C)cc(c1O)Cc1cc(C(C)(C)C)cc(c1O)C2. The average Bonchev–Trinajstić information content (AvgIpc) is 3.05. The highest BCUT2D eigenvalue weighted by atomic mass is 16.5. The molecule has 82 heavy (non-hydrogen) atoms. The smallest absolute Gasteiger partial charge is 0.126 e. The van der Waals surface area contributed by atoms with Crippen LogP contribution in [0.25, 0.3) is 0 Å². The normalized spacial score (nSPS) is 18.8. The summed E-state index contributed by atoms with van der Waals surface area (Å²) in [4.78, 5) is 0. The summed E-state index contributed by atoms with van der Waals surface area (Å²) >= 11 is 0. The van der Waals surface area contributed by atoms with Crippen LogP contribution in [-0.4, -0.2) is 32.1 Å². The molecule has 6 aromatic carbocycles. The third kappa shape index (κ3) is 12.2. The van der Waals surface area contributed by atoms with Gasteiger partial charge < -0.3 is 30.3 Å². The molecule has 14 bridgehead atoms. The maximum atomic E-state index is 12.9. The van der Waals surface area contributed by atoms with Crippen LogP contribution in [0, 0.1) is 23.2 Å². The van der Waals surface area contributed by atoms with E-state index in [4.69, 9.17) is 4.74 Å². The molecule has 0 amide bonds. The monoisotopic (exact) mass is 1110 g/mol. The number of ether oxygens (including phenoxy) is 1. The predicted octanol–water partition coefficient (Wildman–Crippen LogP) is 18.3. The van der Waals surface area contributed by atoms with Gasteiger partial charge in [-0.15, -0.1) is 0 Å². The number of hydrogen-bond acceptors (Lipinski definition) is 6. The molecule has 0 radical (unpaired) electrons. The van der Waals surface area contributed by atoms with E-state index < -0.39 is 0 Å². The summed E-state index contributed by atoms with van der Waals surface area (Å²) in [7, 11) is 0. The molecule has 6 nitrogen and oxygen atoms in total. The Balaban J connectivity index is 1.35. The minimum absolute atomic E-state index is 0.132. The number of aromatic hydroxyl groups is 5. The lowest BCUT2D eigenvalue weighted by molar-refractivity contribution is -0.114. The van der Waals surface area contributed by atoms with Gasteiger partial charge in [0, 0.05) is 38.5 Å². The minimum Gasteiger partial charge on any atom is -0.507 e. The number of benzene rings is 6. The third-order valence-electron chi connectivity index (χ3n) is 19.5. The fraction of sp³-hybridized carbons (Fsp3) is 0.526. The first-order chi connectivity index (χ1) is 37.7. The maximum Gasteiger partial charge on any atom is 0.126 e. The van der Waals surface area contributed by atoms with Crippen molar-refractivity contribution in [2.75, 3.05) is 6.61 Å². The van der Waals surface area contributed by atoms with Crippen LogP contribution in [0.1, 0.15) is 258 Å². The van der Waals surface area contributed by atoms with Gasteiger partial charge in [0.15, 0.2) is 0 Å². The van der Waals surface area contributed by atoms with E-state index >= 15 is 0 Å². The van der Waals surface area contributed by atoms with Crippen molar-refractivity contribution in [2.45, 2.75) is 229 Å². The second-order valence-corrected chi connectivity index (χ2v) is 32.4. The number of hydrogen-bond donors (Lipinski definition) is 5. The van der Waals surface area contributed by atoms with E-state index in [1.165, 1.54) is 12.8 Å².